The monoisotopic (exact) mass is 455 g/mol. The maximum absolute atomic E-state index is 12.4. The van der Waals surface area contributed by atoms with Crippen molar-refractivity contribution in [1.82, 2.24) is 10.6 Å². The summed E-state index contributed by atoms with van der Waals surface area (Å²) in [6.45, 7) is 2.84. The second-order valence-electron chi connectivity index (χ2n) is 7.12. The summed E-state index contributed by atoms with van der Waals surface area (Å²) < 4.78 is 4.53. The van der Waals surface area contributed by atoms with Gasteiger partial charge in [0, 0.05) is 24.4 Å². The summed E-state index contributed by atoms with van der Waals surface area (Å²) in [6.07, 6.45) is 1.42. The van der Waals surface area contributed by atoms with Crippen LogP contribution in [0, 0.1) is 0 Å². The second kappa shape index (κ2) is 13.6. The van der Waals surface area contributed by atoms with Gasteiger partial charge in [-0.25, -0.2) is 0 Å². The average Bonchev–Trinajstić information content (AvgIpc) is 2.75. The summed E-state index contributed by atoms with van der Waals surface area (Å²) >= 11 is 5.83. The molecule has 2 atom stereocenters. The van der Waals surface area contributed by atoms with Crippen LogP contribution in [0.1, 0.15) is 50.7 Å². The van der Waals surface area contributed by atoms with Crippen LogP contribution in [0.25, 0.3) is 0 Å². The number of benzene rings is 1. The lowest BCUT2D eigenvalue weighted by Crippen LogP contribution is -2.50. The fourth-order valence-corrected chi connectivity index (χ4v) is 2.85. The Labute approximate surface area is 186 Å². The number of carbonyl (C=O) groups is 4. The van der Waals surface area contributed by atoms with Crippen molar-refractivity contribution in [1.29, 1.82) is 0 Å². The molecule has 0 bridgehead atoms. The summed E-state index contributed by atoms with van der Waals surface area (Å²) in [4.78, 5) is 47.7. The van der Waals surface area contributed by atoms with Crippen LogP contribution in [-0.4, -0.2) is 48.0 Å². The molecule has 31 heavy (non-hydrogen) atoms. The van der Waals surface area contributed by atoms with Gasteiger partial charge in [-0.15, -0.1) is 11.6 Å². The number of halogens is 1. The minimum Gasteiger partial charge on any atom is -0.469 e. The van der Waals surface area contributed by atoms with Gasteiger partial charge in [0.2, 0.25) is 17.7 Å². The molecular weight excluding hydrogens is 426 g/mol. The van der Waals surface area contributed by atoms with Crippen molar-refractivity contribution in [3.05, 3.63) is 29.3 Å². The second-order valence-corrected chi connectivity index (χ2v) is 7.39. The lowest BCUT2D eigenvalue weighted by atomic mass is 10.1. The maximum Gasteiger partial charge on any atom is 0.305 e. The first-order valence-electron chi connectivity index (χ1n) is 9.97. The number of unbranched alkanes of at least 4 members (excludes halogenated alkanes) is 1. The zero-order chi connectivity index (χ0) is 23.4. The number of rotatable bonds is 12. The summed E-state index contributed by atoms with van der Waals surface area (Å²) in [5.41, 5.74) is 1.80. The van der Waals surface area contributed by atoms with Crippen molar-refractivity contribution >= 4 is 41.0 Å². The molecule has 1 aromatic carbocycles. The molecule has 0 aromatic heterocycles. The smallest absolute Gasteiger partial charge is 0.305 e. The minimum absolute atomic E-state index is 0.175. The predicted molar refractivity (Wildman–Crippen MR) is 116 cm³/mol. The number of ether oxygens (including phenoxy) is 1. The highest BCUT2D eigenvalue weighted by atomic mass is 35.5. The van der Waals surface area contributed by atoms with Crippen molar-refractivity contribution in [3.8, 4) is 0 Å². The van der Waals surface area contributed by atoms with Gasteiger partial charge in [-0.3, -0.25) is 19.2 Å². The van der Waals surface area contributed by atoms with Crippen LogP contribution in [0.15, 0.2) is 18.2 Å². The zero-order valence-corrected chi connectivity index (χ0v) is 18.8. The van der Waals surface area contributed by atoms with Crippen molar-refractivity contribution < 1.29 is 29.0 Å². The average molecular weight is 456 g/mol. The number of hydrogen-bond acceptors (Lipinski definition) is 6. The van der Waals surface area contributed by atoms with E-state index in [1.165, 1.54) is 21.0 Å². The molecule has 0 heterocycles. The first kappa shape index (κ1) is 26.4. The Kier molecular flexibility index (Phi) is 11.6. The highest BCUT2D eigenvalue weighted by Gasteiger charge is 2.21. The molecule has 0 fully saturated rings. The van der Waals surface area contributed by atoms with E-state index in [1.807, 2.05) is 0 Å². The van der Waals surface area contributed by atoms with E-state index in [9.17, 15) is 24.3 Å². The van der Waals surface area contributed by atoms with Gasteiger partial charge in [-0.05, 0) is 49.9 Å². The SMILES string of the molecule is COC(=O)CCCCC(=O)N[C@@H](C)C(=O)N[C@@H](C)C(=O)Nc1cc(CO)cc(CCl)c1. The van der Waals surface area contributed by atoms with Crippen LogP contribution >= 0.6 is 11.6 Å². The molecule has 0 unspecified atom stereocenters. The van der Waals surface area contributed by atoms with Crippen LogP contribution < -0.4 is 16.0 Å². The molecule has 10 heteroatoms. The van der Waals surface area contributed by atoms with E-state index in [0.717, 1.165) is 5.56 Å². The minimum atomic E-state index is -0.857. The van der Waals surface area contributed by atoms with Gasteiger partial charge in [-0.2, -0.15) is 0 Å². The zero-order valence-electron chi connectivity index (χ0n) is 18.0. The highest BCUT2D eigenvalue weighted by Crippen LogP contribution is 2.17. The number of methoxy groups -OCH3 is 1. The third-order valence-electron chi connectivity index (χ3n) is 4.44. The Morgan fingerprint density at radius 3 is 2.19 bits per heavy atom. The summed E-state index contributed by atoms with van der Waals surface area (Å²) in [7, 11) is 1.31. The summed E-state index contributed by atoms with van der Waals surface area (Å²) in [6, 6.07) is 3.34. The third-order valence-corrected chi connectivity index (χ3v) is 4.75. The van der Waals surface area contributed by atoms with Crippen LogP contribution in [0.4, 0.5) is 5.69 Å². The Bertz CT molecular complexity index is 764. The molecule has 9 nitrogen and oxygen atoms in total. The fraction of sp³-hybridized carbons (Fsp3) is 0.524. The molecule has 1 aromatic rings. The van der Waals surface area contributed by atoms with Gasteiger partial charge in [0.25, 0.3) is 0 Å². The number of hydrogen-bond donors (Lipinski definition) is 4. The van der Waals surface area contributed by atoms with E-state index in [-0.39, 0.29) is 37.2 Å². The van der Waals surface area contributed by atoms with E-state index < -0.39 is 23.9 Å². The van der Waals surface area contributed by atoms with Crippen LogP contribution in [0.5, 0.6) is 0 Å². The van der Waals surface area contributed by atoms with Crippen molar-refractivity contribution in [3.63, 3.8) is 0 Å². The Balaban J connectivity index is 2.48. The van der Waals surface area contributed by atoms with E-state index in [0.29, 0.717) is 24.1 Å². The highest BCUT2D eigenvalue weighted by molar-refractivity contribution is 6.17. The summed E-state index contributed by atoms with van der Waals surface area (Å²) in [5.74, 6) is -1.38. The predicted octanol–water partition coefficient (Wildman–Crippen LogP) is 1.60. The van der Waals surface area contributed by atoms with Crippen molar-refractivity contribution in [2.75, 3.05) is 12.4 Å². The van der Waals surface area contributed by atoms with E-state index in [1.54, 1.807) is 18.2 Å². The molecule has 0 aliphatic heterocycles. The molecule has 1 rings (SSSR count). The molecule has 0 saturated heterocycles. The third kappa shape index (κ3) is 9.80. The molecular formula is C21H30ClN3O6. The number of carbonyl (C=O) groups excluding carboxylic acids is 4. The number of amides is 3. The molecule has 0 saturated carbocycles. The number of nitrogens with one attached hydrogen (secondary N) is 3. The lowest BCUT2D eigenvalue weighted by molar-refractivity contribution is -0.140. The topological polar surface area (TPSA) is 134 Å². The van der Waals surface area contributed by atoms with Gasteiger partial charge in [0.1, 0.15) is 12.1 Å². The van der Waals surface area contributed by atoms with Gasteiger partial charge in [0.05, 0.1) is 13.7 Å². The largest absolute Gasteiger partial charge is 0.469 e. The Morgan fingerprint density at radius 1 is 0.968 bits per heavy atom. The fourth-order valence-electron chi connectivity index (χ4n) is 2.69. The molecule has 0 radical (unpaired) electrons. The number of anilines is 1. The number of aliphatic hydroxyl groups is 1. The first-order valence-corrected chi connectivity index (χ1v) is 10.5. The number of alkyl halides is 1. The number of aliphatic hydroxyl groups excluding tert-OH is 1. The van der Waals surface area contributed by atoms with E-state index >= 15 is 0 Å². The first-order chi connectivity index (χ1) is 14.7. The number of esters is 1. The standard InChI is InChI=1S/C21H30ClN3O6/c1-13(23-18(27)6-4-5-7-19(28)31-3)20(29)24-14(2)21(30)25-17-9-15(11-22)8-16(10-17)12-26/h8-10,13-14,26H,4-7,11-12H2,1-3H3,(H,23,27)(H,24,29)(H,25,30)/t13-,14-/m0/s1. The van der Waals surface area contributed by atoms with Crippen molar-refractivity contribution in [2.45, 2.75) is 64.1 Å². The molecule has 172 valence electrons. The molecule has 4 N–H and O–H groups in total. The van der Waals surface area contributed by atoms with Crippen LogP contribution in [0.2, 0.25) is 0 Å². The Hall–Kier alpha value is -2.65. The molecule has 3 amide bonds. The quantitative estimate of drug-likeness (QED) is 0.215. The molecule has 0 spiro atoms. The normalized spacial score (nSPS) is 12.4. The molecule has 0 aliphatic rings. The Morgan fingerprint density at radius 2 is 1.58 bits per heavy atom. The van der Waals surface area contributed by atoms with Gasteiger partial charge in [-0.1, -0.05) is 6.07 Å². The maximum atomic E-state index is 12.4. The van der Waals surface area contributed by atoms with E-state index in [2.05, 4.69) is 20.7 Å². The van der Waals surface area contributed by atoms with Crippen molar-refractivity contribution in [2.24, 2.45) is 0 Å². The van der Waals surface area contributed by atoms with Gasteiger partial charge in [0.15, 0.2) is 0 Å². The van der Waals surface area contributed by atoms with E-state index in [4.69, 9.17) is 11.6 Å². The summed E-state index contributed by atoms with van der Waals surface area (Å²) in [5, 5.41) is 17.1. The molecule has 0 aliphatic carbocycles. The van der Waals surface area contributed by atoms with Gasteiger partial charge >= 0.3 is 5.97 Å². The van der Waals surface area contributed by atoms with Crippen LogP contribution in [0.3, 0.4) is 0 Å². The van der Waals surface area contributed by atoms with Gasteiger partial charge < -0.3 is 25.8 Å². The van der Waals surface area contributed by atoms with Crippen LogP contribution in [-0.2, 0) is 36.4 Å². The lowest BCUT2D eigenvalue weighted by Gasteiger charge is -2.19.